The minimum absolute atomic E-state index is 0.813. The molecule has 0 spiro atoms. The Kier molecular flexibility index (Phi) is 5.90. The number of nitrogens with zero attached hydrogens (tertiary/aromatic N) is 2. The van der Waals surface area contributed by atoms with Crippen LogP contribution < -0.4 is 5.32 Å². The van der Waals surface area contributed by atoms with Crippen LogP contribution in [-0.4, -0.2) is 23.1 Å². The highest BCUT2D eigenvalue weighted by atomic mass is 15.1. The van der Waals surface area contributed by atoms with Crippen LogP contribution in [0.25, 0.3) is 0 Å². The van der Waals surface area contributed by atoms with Gasteiger partial charge in [-0.2, -0.15) is 0 Å². The summed E-state index contributed by atoms with van der Waals surface area (Å²) >= 11 is 0. The van der Waals surface area contributed by atoms with E-state index in [-0.39, 0.29) is 0 Å². The second-order valence-electron chi connectivity index (χ2n) is 5.96. The predicted octanol–water partition coefficient (Wildman–Crippen LogP) is 3.25. The van der Waals surface area contributed by atoms with E-state index in [9.17, 15) is 0 Å². The van der Waals surface area contributed by atoms with Crippen LogP contribution in [0, 0.1) is 11.8 Å². The molecule has 19 heavy (non-hydrogen) atoms. The summed E-state index contributed by atoms with van der Waals surface area (Å²) in [5.41, 5.74) is 0. The summed E-state index contributed by atoms with van der Waals surface area (Å²) in [6.45, 7) is 4.51. The van der Waals surface area contributed by atoms with Crippen LogP contribution in [0.3, 0.4) is 0 Å². The summed E-state index contributed by atoms with van der Waals surface area (Å²) in [4.78, 5) is 4.60. The molecule has 1 aliphatic carbocycles. The number of aryl methyl sites for hydroxylation is 1. The lowest BCUT2D eigenvalue weighted by Gasteiger charge is -2.25. The molecule has 1 N–H and O–H groups in total. The summed E-state index contributed by atoms with van der Waals surface area (Å²) in [6, 6.07) is 0. The monoisotopic (exact) mass is 263 g/mol. The second kappa shape index (κ2) is 7.68. The molecule has 2 atom stereocenters. The van der Waals surface area contributed by atoms with E-state index < -0.39 is 0 Å². The normalized spacial score (nSPS) is 24.3. The fourth-order valence-electron chi connectivity index (χ4n) is 3.47. The number of rotatable bonds is 6. The minimum Gasteiger partial charge on any atom is -0.335 e. The Bertz CT molecular complexity index is 359. The molecule has 2 rings (SSSR count). The van der Waals surface area contributed by atoms with Gasteiger partial charge >= 0.3 is 0 Å². The lowest BCUT2D eigenvalue weighted by atomic mass is 9.85. The molecule has 0 aliphatic heterocycles. The van der Waals surface area contributed by atoms with Gasteiger partial charge in [-0.25, -0.2) is 4.98 Å². The largest absolute Gasteiger partial charge is 0.335 e. The van der Waals surface area contributed by atoms with E-state index in [2.05, 4.69) is 35.0 Å². The molecule has 3 heteroatoms. The van der Waals surface area contributed by atoms with Gasteiger partial charge in [-0.3, -0.25) is 0 Å². The van der Waals surface area contributed by atoms with Crippen molar-refractivity contribution in [2.24, 2.45) is 11.8 Å². The van der Waals surface area contributed by atoms with Gasteiger partial charge in [0, 0.05) is 25.4 Å². The molecule has 0 aromatic carbocycles. The van der Waals surface area contributed by atoms with Gasteiger partial charge < -0.3 is 9.88 Å². The summed E-state index contributed by atoms with van der Waals surface area (Å²) in [5.74, 6) is 2.95. The third kappa shape index (κ3) is 4.07. The van der Waals surface area contributed by atoms with Gasteiger partial charge in [0.1, 0.15) is 5.82 Å². The van der Waals surface area contributed by atoms with Crippen molar-refractivity contribution in [1.29, 1.82) is 0 Å². The number of nitrogens with one attached hydrogen (secondary N) is 1. The lowest BCUT2D eigenvalue weighted by Crippen LogP contribution is -2.27. The second-order valence-corrected chi connectivity index (χ2v) is 5.96. The van der Waals surface area contributed by atoms with Crippen molar-refractivity contribution >= 4 is 0 Å². The Morgan fingerprint density at radius 3 is 2.79 bits per heavy atom. The molecule has 3 nitrogen and oxygen atoms in total. The number of hydrogen-bond acceptors (Lipinski definition) is 2. The van der Waals surface area contributed by atoms with Gasteiger partial charge in [-0.05, 0) is 44.7 Å². The summed E-state index contributed by atoms with van der Waals surface area (Å²) in [6.07, 6.45) is 13.5. The average Bonchev–Trinajstić information content (AvgIpc) is 2.71. The predicted molar refractivity (Wildman–Crippen MR) is 80.2 cm³/mol. The first kappa shape index (κ1) is 14.6. The fourth-order valence-corrected chi connectivity index (χ4v) is 3.47. The highest BCUT2D eigenvalue weighted by Crippen LogP contribution is 2.30. The summed E-state index contributed by atoms with van der Waals surface area (Å²) in [7, 11) is 2.08. The molecule has 1 heterocycles. The van der Waals surface area contributed by atoms with Gasteiger partial charge in [0.15, 0.2) is 0 Å². The summed E-state index contributed by atoms with van der Waals surface area (Å²) < 4.78 is 2.35. The number of imidazole rings is 1. The van der Waals surface area contributed by atoms with Crippen LogP contribution in [-0.2, 0) is 13.0 Å². The first-order valence-electron chi connectivity index (χ1n) is 7.99. The lowest BCUT2D eigenvalue weighted by molar-refractivity contribution is 0.296. The van der Waals surface area contributed by atoms with E-state index >= 15 is 0 Å². The molecule has 108 valence electrons. The van der Waals surface area contributed by atoms with Gasteiger partial charge in [-0.15, -0.1) is 0 Å². The van der Waals surface area contributed by atoms with Gasteiger partial charge in [-0.1, -0.05) is 26.2 Å². The smallest absolute Gasteiger partial charge is 0.108 e. The van der Waals surface area contributed by atoms with E-state index in [0.29, 0.717) is 0 Å². The standard InChI is InChI=1S/C16H29N3/c1-3-10-19-11-9-18-16(19)12-14-7-5-4-6-8-15(14)13-17-2/h9,11,14-15,17H,3-8,10,12-13H2,1-2H3. The Labute approximate surface area is 117 Å². The Morgan fingerprint density at radius 1 is 1.26 bits per heavy atom. The van der Waals surface area contributed by atoms with Crippen LogP contribution in [0.5, 0.6) is 0 Å². The van der Waals surface area contributed by atoms with Gasteiger partial charge in [0.2, 0.25) is 0 Å². The summed E-state index contributed by atoms with van der Waals surface area (Å²) in [5, 5.41) is 3.39. The maximum atomic E-state index is 4.60. The SMILES string of the molecule is CCCn1ccnc1CC1CCCCCC1CNC. The van der Waals surface area contributed by atoms with Crippen molar-refractivity contribution in [3.05, 3.63) is 18.2 Å². The molecule has 2 unspecified atom stereocenters. The van der Waals surface area contributed by atoms with E-state index in [4.69, 9.17) is 0 Å². The fraction of sp³-hybridized carbons (Fsp3) is 0.812. The third-order valence-electron chi connectivity index (χ3n) is 4.49. The maximum Gasteiger partial charge on any atom is 0.108 e. The average molecular weight is 263 g/mol. The van der Waals surface area contributed by atoms with Crippen molar-refractivity contribution in [3.63, 3.8) is 0 Å². The topological polar surface area (TPSA) is 29.9 Å². The van der Waals surface area contributed by atoms with E-state index in [1.807, 2.05) is 6.20 Å². The molecule has 0 bridgehead atoms. The van der Waals surface area contributed by atoms with Crippen molar-refractivity contribution < 1.29 is 0 Å². The zero-order valence-electron chi connectivity index (χ0n) is 12.6. The molecule has 1 fully saturated rings. The van der Waals surface area contributed by atoms with Gasteiger partial charge in [0.25, 0.3) is 0 Å². The van der Waals surface area contributed by atoms with Crippen LogP contribution in [0.1, 0.15) is 51.3 Å². The quantitative estimate of drug-likeness (QED) is 0.798. The Morgan fingerprint density at radius 2 is 2.05 bits per heavy atom. The van der Waals surface area contributed by atoms with Crippen molar-refractivity contribution in [3.8, 4) is 0 Å². The number of hydrogen-bond donors (Lipinski definition) is 1. The van der Waals surface area contributed by atoms with Crippen LogP contribution in [0.4, 0.5) is 0 Å². The zero-order chi connectivity index (χ0) is 13.5. The molecule has 0 amide bonds. The Hall–Kier alpha value is -0.830. The van der Waals surface area contributed by atoms with Crippen molar-refractivity contribution in [2.75, 3.05) is 13.6 Å². The highest BCUT2D eigenvalue weighted by molar-refractivity contribution is 4.95. The molecule has 1 aromatic heterocycles. The van der Waals surface area contributed by atoms with E-state index in [0.717, 1.165) is 18.4 Å². The van der Waals surface area contributed by atoms with Crippen LogP contribution in [0.15, 0.2) is 12.4 Å². The molecule has 1 saturated carbocycles. The maximum absolute atomic E-state index is 4.60. The zero-order valence-corrected chi connectivity index (χ0v) is 12.6. The van der Waals surface area contributed by atoms with Crippen molar-refractivity contribution in [2.45, 2.75) is 58.4 Å². The first-order valence-corrected chi connectivity index (χ1v) is 7.99. The molecule has 0 radical (unpaired) electrons. The highest BCUT2D eigenvalue weighted by Gasteiger charge is 2.24. The Balaban J connectivity index is 2.02. The van der Waals surface area contributed by atoms with E-state index in [1.54, 1.807) is 0 Å². The third-order valence-corrected chi connectivity index (χ3v) is 4.49. The number of aromatic nitrogens is 2. The molecular formula is C16H29N3. The van der Waals surface area contributed by atoms with Gasteiger partial charge in [0.05, 0.1) is 0 Å². The molecular weight excluding hydrogens is 234 g/mol. The first-order chi connectivity index (χ1) is 9.35. The van der Waals surface area contributed by atoms with Crippen LogP contribution in [0.2, 0.25) is 0 Å². The van der Waals surface area contributed by atoms with Crippen molar-refractivity contribution in [1.82, 2.24) is 14.9 Å². The molecule has 1 aromatic rings. The molecule has 0 saturated heterocycles. The van der Waals surface area contributed by atoms with Crippen LogP contribution >= 0.6 is 0 Å². The minimum atomic E-state index is 0.813. The van der Waals surface area contributed by atoms with E-state index in [1.165, 1.54) is 57.3 Å². The molecule has 1 aliphatic rings.